The van der Waals surface area contributed by atoms with E-state index in [9.17, 15) is 13.2 Å². The molecule has 2 N–H and O–H groups in total. The van der Waals surface area contributed by atoms with Crippen molar-refractivity contribution in [2.45, 2.75) is 31.6 Å². The number of hydrogen-bond donors (Lipinski definition) is 2. The van der Waals surface area contributed by atoms with Gasteiger partial charge in [0.1, 0.15) is 0 Å². The SMILES string of the molecule is CCc1cccc(C#N)c1.Cc1ccc(S(=O)(=O)NCCC(=O)O)cc1. The standard InChI is InChI=1S/C10H13NO4S.C9H9N/c1-8-2-4-9(5-3-8)16(14,15)11-7-6-10(12)13;1-2-8-4-3-5-9(6-8)7-10/h2-5,11H,6-7H2,1H3,(H,12,13);3-6H,2H2,1H3. The molecule has 0 aliphatic carbocycles. The molecule has 0 radical (unpaired) electrons. The van der Waals surface area contributed by atoms with Gasteiger partial charge in [0.25, 0.3) is 0 Å². The fourth-order valence-electron chi connectivity index (χ4n) is 1.95. The summed E-state index contributed by atoms with van der Waals surface area (Å²) in [5.41, 5.74) is 2.93. The number of aliphatic carboxylic acids is 1. The van der Waals surface area contributed by atoms with E-state index < -0.39 is 16.0 Å². The number of nitrogens with one attached hydrogen (secondary N) is 1. The predicted octanol–water partition coefficient (Wildman–Crippen LogP) is 2.87. The van der Waals surface area contributed by atoms with Crippen LogP contribution in [-0.4, -0.2) is 26.0 Å². The van der Waals surface area contributed by atoms with Crippen LogP contribution >= 0.6 is 0 Å². The van der Waals surface area contributed by atoms with Gasteiger partial charge >= 0.3 is 5.97 Å². The average molecular weight is 374 g/mol. The van der Waals surface area contributed by atoms with E-state index >= 15 is 0 Å². The third kappa shape index (κ3) is 7.47. The number of carboxylic acid groups (broad SMARTS) is 1. The Bertz CT molecular complexity index is 869. The molecular formula is C19H22N2O4S. The second kappa shape index (κ2) is 10.3. The van der Waals surface area contributed by atoms with Crippen LogP contribution in [0.25, 0.3) is 0 Å². The van der Waals surface area contributed by atoms with Gasteiger partial charge in [-0.3, -0.25) is 4.79 Å². The first-order valence-corrected chi connectivity index (χ1v) is 9.54. The molecule has 7 heteroatoms. The summed E-state index contributed by atoms with van der Waals surface area (Å²) in [7, 11) is -3.59. The van der Waals surface area contributed by atoms with Crippen molar-refractivity contribution in [1.29, 1.82) is 5.26 Å². The van der Waals surface area contributed by atoms with Crippen molar-refractivity contribution in [2.75, 3.05) is 6.54 Å². The Kier molecular flexibility index (Phi) is 8.49. The van der Waals surface area contributed by atoms with Gasteiger partial charge in [-0.05, 0) is 43.2 Å². The zero-order chi connectivity index (χ0) is 19.6. The first-order valence-electron chi connectivity index (χ1n) is 8.05. The third-order valence-corrected chi connectivity index (χ3v) is 4.90. The summed E-state index contributed by atoms with van der Waals surface area (Å²) in [5.74, 6) is -1.04. The molecule has 138 valence electrons. The van der Waals surface area contributed by atoms with E-state index in [2.05, 4.69) is 17.7 Å². The minimum Gasteiger partial charge on any atom is -0.481 e. The maximum Gasteiger partial charge on any atom is 0.304 e. The van der Waals surface area contributed by atoms with Crippen LogP contribution in [0.4, 0.5) is 0 Å². The topological polar surface area (TPSA) is 107 Å². The van der Waals surface area contributed by atoms with Gasteiger partial charge in [-0.15, -0.1) is 0 Å². The van der Waals surface area contributed by atoms with Crippen LogP contribution in [0.3, 0.4) is 0 Å². The van der Waals surface area contributed by atoms with Crippen LogP contribution < -0.4 is 4.72 Å². The van der Waals surface area contributed by atoms with Crippen LogP contribution in [0.1, 0.15) is 30.0 Å². The lowest BCUT2D eigenvalue weighted by Crippen LogP contribution is -2.26. The molecule has 2 aromatic carbocycles. The number of nitriles is 1. The maximum atomic E-state index is 11.6. The number of sulfonamides is 1. The fraction of sp³-hybridized carbons (Fsp3) is 0.263. The average Bonchev–Trinajstić information content (AvgIpc) is 2.62. The number of hydrogen-bond acceptors (Lipinski definition) is 4. The van der Waals surface area contributed by atoms with Crippen LogP contribution in [0.15, 0.2) is 53.4 Å². The van der Waals surface area contributed by atoms with Crippen molar-refractivity contribution in [2.24, 2.45) is 0 Å². The molecule has 2 aromatic rings. The number of aryl methyl sites for hydroxylation is 2. The van der Waals surface area contributed by atoms with Crippen molar-refractivity contribution < 1.29 is 18.3 Å². The van der Waals surface area contributed by atoms with Crippen molar-refractivity contribution in [1.82, 2.24) is 4.72 Å². The second-order valence-electron chi connectivity index (χ2n) is 5.52. The predicted molar refractivity (Wildman–Crippen MR) is 99.2 cm³/mol. The van der Waals surface area contributed by atoms with E-state index in [4.69, 9.17) is 10.4 Å². The summed E-state index contributed by atoms with van der Waals surface area (Å²) in [6.45, 7) is 3.83. The largest absolute Gasteiger partial charge is 0.481 e. The lowest BCUT2D eigenvalue weighted by molar-refractivity contribution is -0.136. The van der Waals surface area contributed by atoms with E-state index in [1.54, 1.807) is 12.1 Å². The molecule has 0 aliphatic rings. The van der Waals surface area contributed by atoms with Crippen LogP contribution in [0.5, 0.6) is 0 Å². The Morgan fingerprint density at radius 1 is 1.19 bits per heavy atom. The molecule has 0 amide bonds. The minimum absolute atomic E-state index is 0.106. The number of nitrogens with zero attached hydrogens (tertiary/aromatic N) is 1. The highest BCUT2D eigenvalue weighted by molar-refractivity contribution is 7.89. The first kappa shape index (κ1) is 21.4. The van der Waals surface area contributed by atoms with Gasteiger partial charge in [0, 0.05) is 6.54 Å². The molecule has 0 atom stereocenters. The monoisotopic (exact) mass is 374 g/mol. The Morgan fingerprint density at radius 2 is 1.85 bits per heavy atom. The summed E-state index contributed by atoms with van der Waals surface area (Å²) in [4.78, 5) is 10.4. The number of rotatable bonds is 6. The summed E-state index contributed by atoms with van der Waals surface area (Å²) >= 11 is 0. The van der Waals surface area contributed by atoms with Crippen molar-refractivity contribution in [3.8, 4) is 6.07 Å². The van der Waals surface area contributed by atoms with E-state index in [0.29, 0.717) is 0 Å². The number of benzene rings is 2. The molecule has 0 saturated heterocycles. The van der Waals surface area contributed by atoms with E-state index in [0.717, 1.165) is 17.5 Å². The molecular weight excluding hydrogens is 352 g/mol. The molecule has 6 nitrogen and oxygen atoms in total. The van der Waals surface area contributed by atoms with Crippen LogP contribution in [-0.2, 0) is 21.2 Å². The molecule has 2 rings (SSSR count). The molecule has 0 unspecified atom stereocenters. The Morgan fingerprint density at radius 3 is 2.38 bits per heavy atom. The van der Waals surface area contributed by atoms with Gasteiger partial charge < -0.3 is 5.11 Å². The summed E-state index contributed by atoms with van der Waals surface area (Å²) in [6.07, 6.45) is 0.764. The van der Waals surface area contributed by atoms with Gasteiger partial charge in [-0.1, -0.05) is 36.8 Å². The van der Waals surface area contributed by atoms with E-state index in [-0.39, 0.29) is 17.9 Å². The lowest BCUT2D eigenvalue weighted by atomic mass is 10.1. The van der Waals surface area contributed by atoms with Crippen LogP contribution in [0.2, 0.25) is 0 Å². The van der Waals surface area contributed by atoms with Gasteiger partial charge in [0.15, 0.2) is 0 Å². The zero-order valence-corrected chi connectivity index (χ0v) is 15.6. The van der Waals surface area contributed by atoms with Crippen LogP contribution in [0, 0.1) is 18.3 Å². The highest BCUT2D eigenvalue weighted by Gasteiger charge is 2.13. The first-order chi connectivity index (χ1) is 12.3. The van der Waals surface area contributed by atoms with Gasteiger partial charge in [-0.2, -0.15) is 5.26 Å². The molecule has 0 aliphatic heterocycles. The lowest BCUT2D eigenvalue weighted by Gasteiger charge is -2.05. The molecule has 0 bridgehead atoms. The quantitative estimate of drug-likeness (QED) is 0.808. The molecule has 26 heavy (non-hydrogen) atoms. The van der Waals surface area contributed by atoms with Crippen molar-refractivity contribution >= 4 is 16.0 Å². The Labute approximate surface area is 154 Å². The third-order valence-electron chi connectivity index (χ3n) is 3.43. The summed E-state index contributed by atoms with van der Waals surface area (Å²) < 4.78 is 25.5. The van der Waals surface area contributed by atoms with E-state index in [1.807, 2.05) is 31.2 Å². The van der Waals surface area contributed by atoms with Crippen molar-refractivity contribution in [3.63, 3.8) is 0 Å². The van der Waals surface area contributed by atoms with E-state index in [1.165, 1.54) is 17.7 Å². The highest BCUT2D eigenvalue weighted by atomic mass is 32.2. The maximum absolute atomic E-state index is 11.6. The van der Waals surface area contributed by atoms with Gasteiger partial charge in [0.05, 0.1) is 22.9 Å². The molecule has 0 saturated carbocycles. The summed E-state index contributed by atoms with van der Waals surface area (Å²) in [6, 6.07) is 16.1. The van der Waals surface area contributed by atoms with Crippen molar-refractivity contribution in [3.05, 3.63) is 65.2 Å². The molecule has 0 fully saturated rings. The minimum atomic E-state index is -3.59. The van der Waals surface area contributed by atoms with Gasteiger partial charge in [-0.25, -0.2) is 13.1 Å². The molecule has 0 heterocycles. The Hall–Kier alpha value is -2.69. The zero-order valence-electron chi connectivity index (χ0n) is 14.8. The Balaban J connectivity index is 0.000000289. The summed E-state index contributed by atoms with van der Waals surface area (Å²) in [5, 5.41) is 16.9. The molecule has 0 aromatic heterocycles. The fourth-order valence-corrected chi connectivity index (χ4v) is 2.99. The second-order valence-corrected chi connectivity index (χ2v) is 7.29. The molecule has 0 spiro atoms. The number of carboxylic acids is 1. The van der Waals surface area contributed by atoms with Gasteiger partial charge in [0.2, 0.25) is 10.0 Å². The number of carbonyl (C=O) groups is 1. The smallest absolute Gasteiger partial charge is 0.304 e. The normalized spacial score (nSPS) is 10.3. The highest BCUT2D eigenvalue weighted by Crippen LogP contribution is 2.09.